The minimum Gasteiger partial charge on any atom is -0.353 e. The first-order valence-electron chi connectivity index (χ1n) is 4.12. The third-order valence-electron chi connectivity index (χ3n) is 1.52. The van der Waals surface area contributed by atoms with E-state index in [4.69, 9.17) is 0 Å². The lowest BCUT2D eigenvalue weighted by Gasteiger charge is -2.17. The average Bonchev–Trinajstić information content (AvgIpc) is 2.49. The van der Waals surface area contributed by atoms with E-state index in [1.54, 1.807) is 11.3 Å². The highest BCUT2D eigenvalue weighted by Gasteiger charge is 2.13. The van der Waals surface area contributed by atoms with Gasteiger partial charge in [-0.05, 0) is 25.3 Å². The van der Waals surface area contributed by atoms with Gasteiger partial charge in [0.2, 0.25) is 5.96 Å². The van der Waals surface area contributed by atoms with Gasteiger partial charge in [0.05, 0.1) is 4.90 Å². The molecule has 70 valence electrons. The van der Waals surface area contributed by atoms with Crippen molar-refractivity contribution in [2.75, 3.05) is 5.32 Å². The van der Waals surface area contributed by atoms with Gasteiger partial charge in [-0.25, -0.2) is 0 Å². The number of hydrogen-bond donors (Lipinski definition) is 2. The van der Waals surface area contributed by atoms with E-state index in [0.29, 0.717) is 6.04 Å². The van der Waals surface area contributed by atoms with E-state index in [1.165, 1.54) is 21.8 Å². The number of anilines is 1. The topological polar surface area (TPSA) is 36.4 Å². The third-order valence-corrected chi connectivity index (χ3v) is 3.29. The van der Waals surface area contributed by atoms with Crippen LogP contribution in [0.3, 0.4) is 0 Å². The number of nitrogens with zero attached hydrogens (tertiary/aromatic N) is 1. The number of nitrogens with one attached hydrogen (secondary N) is 2. The molecule has 0 aromatic carbocycles. The molecule has 0 bridgehead atoms. The molecule has 0 saturated carbocycles. The first-order valence-corrected chi connectivity index (χ1v) is 5.77. The fraction of sp³-hybridized carbons (Fsp3) is 0.375. The molecule has 13 heavy (non-hydrogen) atoms. The smallest absolute Gasteiger partial charge is 0.208 e. The highest BCUT2D eigenvalue weighted by Crippen LogP contribution is 2.35. The van der Waals surface area contributed by atoms with Crippen LogP contribution in [0.5, 0.6) is 0 Å². The summed E-state index contributed by atoms with van der Waals surface area (Å²) in [6, 6.07) is 2.49. The molecule has 0 fully saturated rings. The molecule has 2 N–H and O–H groups in total. The van der Waals surface area contributed by atoms with Gasteiger partial charge in [0.1, 0.15) is 5.00 Å². The summed E-state index contributed by atoms with van der Waals surface area (Å²) in [6.45, 7) is 4.19. The lowest BCUT2D eigenvalue weighted by molar-refractivity contribution is 0.733. The minimum absolute atomic E-state index is 0.411. The SMILES string of the molecule is CC(C)NC1=NSc2ccsc2N1. The van der Waals surface area contributed by atoms with Crippen molar-refractivity contribution in [2.45, 2.75) is 24.8 Å². The van der Waals surface area contributed by atoms with E-state index < -0.39 is 0 Å². The largest absolute Gasteiger partial charge is 0.353 e. The van der Waals surface area contributed by atoms with Crippen molar-refractivity contribution in [1.82, 2.24) is 5.32 Å². The third kappa shape index (κ3) is 1.97. The Morgan fingerprint density at radius 3 is 3.15 bits per heavy atom. The lowest BCUT2D eigenvalue weighted by atomic mass is 10.4. The molecule has 3 nitrogen and oxygen atoms in total. The van der Waals surface area contributed by atoms with Crippen molar-refractivity contribution < 1.29 is 0 Å². The van der Waals surface area contributed by atoms with Gasteiger partial charge >= 0.3 is 0 Å². The van der Waals surface area contributed by atoms with Gasteiger partial charge in [-0.2, -0.15) is 4.40 Å². The van der Waals surface area contributed by atoms with Crippen LogP contribution in [0.15, 0.2) is 20.7 Å². The maximum atomic E-state index is 4.30. The Labute approximate surface area is 85.8 Å². The summed E-state index contributed by atoms with van der Waals surface area (Å²) in [6.07, 6.45) is 0. The van der Waals surface area contributed by atoms with Gasteiger partial charge in [0, 0.05) is 18.0 Å². The van der Waals surface area contributed by atoms with Crippen molar-refractivity contribution in [3.8, 4) is 0 Å². The predicted octanol–water partition coefficient (Wildman–Crippen LogP) is 2.53. The Morgan fingerprint density at radius 1 is 1.54 bits per heavy atom. The molecular weight excluding hydrogens is 202 g/mol. The van der Waals surface area contributed by atoms with Gasteiger partial charge in [-0.1, -0.05) is 0 Å². The predicted molar refractivity (Wildman–Crippen MR) is 59.5 cm³/mol. The number of guanidine groups is 1. The number of rotatable bonds is 1. The van der Waals surface area contributed by atoms with Crippen molar-refractivity contribution in [3.63, 3.8) is 0 Å². The fourth-order valence-corrected chi connectivity index (χ4v) is 2.59. The van der Waals surface area contributed by atoms with Crippen LogP contribution in [-0.4, -0.2) is 12.0 Å². The summed E-state index contributed by atoms with van der Waals surface area (Å²) < 4.78 is 4.30. The second-order valence-electron chi connectivity index (χ2n) is 3.07. The first-order chi connectivity index (χ1) is 6.25. The maximum Gasteiger partial charge on any atom is 0.208 e. The van der Waals surface area contributed by atoms with Crippen LogP contribution in [0, 0.1) is 0 Å². The molecule has 0 saturated heterocycles. The molecule has 0 spiro atoms. The molecule has 1 aliphatic rings. The molecule has 1 aromatic rings. The van der Waals surface area contributed by atoms with E-state index >= 15 is 0 Å². The van der Waals surface area contributed by atoms with Gasteiger partial charge in [0.15, 0.2) is 0 Å². The summed E-state index contributed by atoms with van der Waals surface area (Å²) in [5.74, 6) is 0.856. The lowest BCUT2D eigenvalue weighted by Crippen LogP contribution is -2.36. The second kappa shape index (κ2) is 3.59. The number of fused-ring (bicyclic) bond motifs is 1. The van der Waals surface area contributed by atoms with Gasteiger partial charge in [-0.15, -0.1) is 11.3 Å². The summed E-state index contributed by atoms with van der Waals surface area (Å²) in [5, 5.41) is 9.73. The molecule has 0 aliphatic carbocycles. The number of hydrogen-bond acceptors (Lipinski definition) is 5. The Hall–Kier alpha value is -0.680. The van der Waals surface area contributed by atoms with Crippen LogP contribution in [-0.2, 0) is 0 Å². The molecule has 0 unspecified atom stereocenters. The summed E-state index contributed by atoms with van der Waals surface area (Å²) in [4.78, 5) is 1.21. The van der Waals surface area contributed by atoms with E-state index in [9.17, 15) is 0 Å². The quantitative estimate of drug-likeness (QED) is 0.704. The zero-order valence-electron chi connectivity index (χ0n) is 7.50. The maximum absolute atomic E-state index is 4.30. The Bertz CT molecular complexity index is 330. The second-order valence-corrected chi connectivity index (χ2v) is 4.79. The van der Waals surface area contributed by atoms with Crippen LogP contribution in [0.25, 0.3) is 0 Å². The van der Waals surface area contributed by atoms with Crippen molar-refractivity contribution in [3.05, 3.63) is 11.4 Å². The van der Waals surface area contributed by atoms with Crippen molar-refractivity contribution >= 4 is 34.2 Å². The summed E-state index contributed by atoms with van der Waals surface area (Å²) >= 11 is 3.22. The summed E-state index contributed by atoms with van der Waals surface area (Å²) in [7, 11) is 0. The highest BCUT2D eigenvalue weighted by molar-refractivity contribution is 7.98. The Morgan fingerprint density at radius 2 is 2.38 bits per heavy atom. The standard InChI is InChI=1S/C8H11N3S2/c1-5(2)9-8-10-7-6(13-11-8)3-4-12-7/h3-5H,1-2H3,(H2,9,10,11). The molecule has 2 heterocycles. The minimum atomic E-state index is 0.411. The van der Waals surface area contributed by atoms with Crippen LogP contribution >= 0.6 is 23.3 Å². The van der Waals surface area contributed by atoms with Crippen molar-refractivity contribution in [1.29, 1.82) is 0 Å². The van der Waals surface area contributed by atoms with Crippen LogP contribution in [0.2, 0.25) is 0 Å². The van der Waals surface area contributed by atoms with Crippen LogP contribution in [0.1, 0.15) is 13.8 Å². The number of thiophene rings is 1. The zero-order valence-corrected chi connectivity index (χ0v) is 9.13. The Kier molecular flexibility index (Phi) is 2.46. The molecule has 0 atom stereocenters. The normalized spacial score (nSPS) is 14.8. The van der Waals surface area contributed by atoms with Gasteiger partial charge < -0.3 is 10.6 Å². The average molecular weight is 213 g/mol. The van der Waals surface area contributed by atoms with Crippen LogP contribution < -0.4 is 10.6 Å². The molecule has 0 radical (unpaired) electrons. The van der Waals surface area contributed by atoms with E-state index in [2.05, 4.69) is 40.3 Å². The molecule has 2 rings (SSSR count). The van der Waals surface area contributed by atoms with Gasteiger partial charge in [0.25, 0.3) is 0 Å². The molecule has 1 aliphatic heterocycles. The van der Waals surface area contributed by atoms with Crippen LogP contribution in [0.4, 0.5) is 5.00 Å². The van der Waals surface area contributed by atoms with E-state index in [-0.39, 0.29) is 0 Å². The van der Waals surface area contributed by atoms with E-state index in [1.807, 2.05) is 0 Å². The first kappa shape index (κ1) is 8.90. The monoisotopic (exact) mass is 213 g/mol. The zero-order chi connectivity index (χ0) is 9.26. The fourth-order valence-electron chi connectivity index (χ4n) is 1.02. The molecular formula is C8H11N3S2. The van der Waals surface area contributed by atoms with Crippen molar-refractivity contribution in [2.24, 2.45) is 4.40 Å². The Balaban J connectivity index is 2.08. The van der Waals surface area contributed by atoms with E-state index in [0.717, 1.165) is 5.96 Å². The summed E-state index contributed by atoms with van der Waals surface area (Å²) in [5.41, 5.74) is 0. The molecule has 1 aromatic heterocycles. The molecule has 5 heteroatoms. The highest BCUT2D eigenvalue weighted by atomic mass is 32.2. The molecule has 0 amide bonds. The van der Waals surface area contributed by atoms with Gasteiger partial charge in [-0.3, -0.25) is 0 Å².